The molecule has 1 aromatic heterocycles. The van der Waals surface area contributed by atoms with Crippen LogP contribution >= 0.6 is 11.3 Å². The molecule has 0 aromatic carbocycles. The Kier molecular flexibility index (Phi) is 8.24. The molecule has 0 radical (unpaired) electrons. The first-order valence-electron chi connectivity index (χ1n) is 8.60. The van der Waals surface area contributed by atoms with E-state index in [0.29, 0.717) is 4.88 Å². The van der Waals surface area contributed by atoms with Crippen molar-refractivity contribution >= 4 is 17.2 Å². The minimum atomic E-state index is -8.34. The molecule has 0 saturated carbocycles. The first-order chi connectivity index (χ1) is 15.0. The van der Waals surface area contributed by atoms with E-state index in [1.165, 1.54) is 11.3 Å². The lowest BCUT2D eigenvalue weighted by atomic mass is 9.91. The van der Waals surface area contributed by atoms with Gasteiger partial charge in [0.15, 0.2) is 0 Å². The molecule has 0 unspecified atom stereocenters. The molecule has 198 valence electrons. The molecular formula is C16H12F15NOS. The van der Waals surface area contributed by atoms with Crippen LogP contribution < -0.4 is 5.32 Å². The van der Waals surface area contributed by atoms with Crippen LogP contribution in [0.1, 0.15) is 17.7 Å². The lowest BCUT2D eigenvalue weighted by molar-refractivity contribution is -0.451. The zero-order valence-electron chi connectivity index (χ0n) is 16.0. The van der Waals surface area contributed by atoms with Crippen LogP contribution in [0.25, 0.3) is 0 Å². The second-order valence-corrected chi connectivity index (χ2v) is 7.82. The van der Waals surface area contributed by atoms with Crippen molar-refractivity contribution in [1.29, 1.82) is 0 Å². The van der Waals surface area contributed by atoms with Gasteiger partial charge in [-0.25, -0.2) is 0 Å². The molecule has 0 aliphatic carbocycles. The number of thiophene rings is 1. The number of amides is 1. The van der Waals surface area contributed by atoms with E-state index in [9.17, 15) is 70.7 Å². The molecule has 0 atom stereocenters. The Labute approximate surface area is 184 Å². The fourth-order valence-electron chi connectivity index (χ4n) is 2.29. The van der Waals surface area contributed by atoms with Crippen LogP contribution in [0.3, 0.4) is 0 Å². The van der Waals surface area contributed by atoms with Crippen molar-refractivity contribution in [3.8, 4) is 0 Å². The Morgan fingerprint density at radius 1 is 0.735 bits per heavy atom. The summed E-state index contributed by atoms with van der Waals surface area (Å²) >= 11 is 1.22. The Hall–Kier alpha value is -1.88. The van der Waals surface area contributed by atoms with Gasteiger partial charge >= 0.3 is 41.7 Å². The number of aryl methyl sites for hydroxylation is 1. The predicted molar refractivity (Wildman–Crippen MR) is 86.0 cm³/mol. The van der Waals surface area contributed by atoms with Gasteiger partial charge in [-0.05, 0) is 24.3 Å². The predicted octanol–water partition coefficient (Wildman–Crippen LogP) is 6.56. The molecule has 1 rings (SSSR count). The van der Waals surface area contributed by atoms with Crippen molar-refractivity contribution in [2.24, 2.45) is 0 Å². The number of hydrogen-bond donors (Lipinski definition) is 1. The number of carbonyl (C=O) groups is 1. The standard InChI is InChI=1S/C16H12F15NOS/c17-10(18,7-32-9(33)5-1-3-8-4-2-6-34-8)11(19,20)12(21,22)13(23,24)14(25,26)15(27,28)16(29,30)31/h2,4,6H,1,3,5,7H2,(H,32,33). The molecule has 1 heterocycles. The zero-order valence-corrected chi connectivity index (χ0v) is 16.9. The van der Waals surface area contributed by atoms with Crippen LogP contribution in [0.2, 0.25) is 0 Å². The topological polar surface area (TPSA) is 29.1 Å². The van der Waals surface area contributed by atoms with Gasteiger partial charge in [-0.1, -0.05) is 6.07 Å². The average molecular weight is 551 g/mol. The van der Waals surface area contributed by atoms with Gasteiger partial charge in [-0.2, -0.15) is 65.9 Å². The molecule has 18 heteroatoms. The second kappa shape index (κ2) is 9.29. The van der Waals surface area contributed by atoms with E-state index in [0.717, 1.165) is 5.32 Å². The van der Waals surface area contributed by atoms with Gasteiger partial charge < -0.3 is 5.32 Å². The highest BCUT2D eigenvalue weighted by molar-refractivity contribution is 7.09. The Morgan fingerprint density at radius 2 is 1.21 bits per heavy atom. The minimum absolute atomic E-state index is 0.0821. The van der Waals surface area contributed by atoms with Gasteiger partial charge in [0.2, 0.25) is 5.91 Å². The normalized spacial score (nSPS) is 14.9. The van der Waals surface area contributed by atoms with Crippen molar-refractivity contribution in [1.82, 2.24) is 5.32 Å². The van der Waals surface area contributed by atoms with Gasteiger partial charge in [0.25, 0.3) is 0 Å². The second-order valence-electron chi connectivity index (χ2n) is 6.78. The average Bonchev–Trinajstić information content (AvgIpc) is 3.18. The number of carbonyl (C=O) groups excluding carboxylic acids is 1. The summed E-state index contributed by atoms with van der Waals surface area (Å²) in [4.78, 5) is 12.1. The monoisotopic (exact) mass is 551 g/mol. The van der Waals surface area contributed by atoms with Crippen molar-refractivity contribution < 1.29 is 70.7 Å². The zero-order chi connectivity index (χ0) is 27.0. The van der Waals surface area contributed by atoms with Crippen molar-refractivity contribution in [3.05, 3.63) is 22.4 Å². The van der Waals surface area contributed by atoms with Gasteiger partial charge in [0.05, 0.1) is 6.54 Å². The van der Waals surface area contributed by atoms with Gasteiger partial charge in [0, 0.05) is 11.3 Å². The molecule has 0 fully saturated rings. The Bertz CT molecular complexity index is 832. The van der Waals surface area contributed by atoms with Crippen molar-refractivity contribution in [3.63, 3.8) is 0 Å². The van der Waals surface area contributed by atoms with Crippen molar-refractivity contribution in [2.45, 2.75) is 61.0 Å². The summed E-state index contributed by atoms with van der Waals surface area (Å²) in [5, 5.41) is 2.59. The largest absolute Gasteiger partial charge is 0.460 e. The molecule has 0 bridgehead atoms. The van der Waals surface area contributed by atoms with Gasteiger partial charge in [-0.3, -0.25) is 4.79 Å². The smallest absolute Gasteiger partial charge is 0.350 e. The molecular weight excluding hydrogens is 539 g/mol. The Balaban J connectivity index is 3.05. The van der Waals surface area contributed by atoms with Crippen molar-refractivity contribution in [2.75, 3.05) is 6.54 Å². The van der Waals surface area contributed by atoms with Crippen LogP contribution in [0.5, 0.6) is 0 Å². The summed E-state index contributed by atoms with van der Waals surface area (Å²) < 4.78 is 196. The summed E-state index contributed by atoms with van der Waals surface area (Å²) in [6.45, 7) is -2.86. The molecule has 34 heavy (non-hydrogen) atoms. The molecule has 2 nitrogen and oxygen atoms in total. The first kappa shape index (κ1) is 30.2. The van der Waals surface area contributed by atoms with Crippen LogP contribution in [-0.2, 0) is 11.2 Å². The van der Waals surface area contributed by atoms with E-state index in [1.807, 2.05) is 0 Å². The fraction of sp³-hybridized carbons (Fsp3) is 0.688. The van der Waals surface area contributed by atoms with E-state index in [2.05, 4.69) is 0 Å². The van der Waals surface area contributed by atoms with E-state index >= 15 is 0 Å². The number of hydrogen-bond acceptors (Lipinski definition) is 2. The number of alkyl halides is 15. The maximum Gasteiger partial charge on any atom is 0.460 e. The fourth-order valence-corrected chi connectivity index (χ4v) is 3.04. The number of rotatable bonds is 11. The third kappa shape index (κ3) is 5.05. The molecule has 0 saturated heterocycles. The maximum atomic E-state index is 13.6. The summed E-state index contributed by atoms with van der Waals surface area (Å²) in [6, 6.07) is 3.20. The quantitative estimate of drug-likeness (QED) is 0.310. The van der Waals surface area contributed by atoms with E-state index in [-0.39, 0.29) is 12.8 Å². The molecule has 0 aliphatic heterocycles. The van der Waals surface area contributed by atoms with Gasteiger partial charge in [-0.15, -0.1) is 11.3 Å². The summed E-state index contributed by atoms with van der Waals surface area (Å²) in [7, 11) is 0. The molecule has 1 N–H and O–H groups in total. The van der Waals surface area contributed by atoms with E-state index < -0.39 is 60.6 Å². The van der Waals surface area contributed by atoms with E-state index in [4.69, 9.17) is 0 Å². The number of nitrogens with one attached hydrogen (secondary N) is 1. The highest BCUT2D eigenvalue weighted by Crippen LogP contribution is 2.62. The molecule has 0 aliphatic rings. The third-order valence-electron chi connectivity index (χ3n) is 4.31. The van der Waals surface area contributed by atoms with Crippen LogP contribution in [-0.4, -0.2) is 54.2 Å². The van der Waals surface area contributed by atoms with Crippen LogP contribution in [0, 0.1) is 0 Å². The lowest BCUT2D eigenvalue weighted by Crippen LogP contribution is -2.73. The van der Waals surface area contributed by atoms with Crippen LogP contribution in [0.4, 0.5) is 65.9 Å². The number of halogens is 15. The highest BCUT2D eigenvalue weighted by Gasteiger charge is 2.93. The minimum Gasteiger partial charge on any atom is -0.350 e. The molecule has 0 spiro atoms. The van der Waals surface area contributed by atoms with Gasteiger partial charge in [0.1, 0.15) is 0 Å². The summed E-state index contributed by atoms with van der Waals surface area (Å²) in [5.41, 5.74) is 0. The maximum absolute atomic E-state index is 13.6. The molecule has 1 amide bonds. The lowest BCUT2D eigenvalue weighted by Gasteiger charge is -2.41. The SMILES string of the molecule is O=C(CCCc1cccs1)NCC(F)(F)C(F)(F)C(F)(F)C(F)(F)C(F)(F)C(F)(F)C(F)(F)F. The summed E-state index contributed by atoms with van der Waals surface area (Å²) in [6.07, 6.45) is -8.21. The first-order valence-corrected chi connectivity index (χ1v) is 9.48. The third-order valence-corrected chi connectivity index (χ3v) is 5.24. The highest BCUT2D eigenvalue weighted by atomic mass is 32.1. The molecule has 1 aromatic rings. The summed E-state index contributed by atoms with van der Waals surface area (Å²) in [5.74, 6) is -48.4. The Morgan fingerprint density at radius 3 is 1.65 bits per heavy atom. The van der Waals surface area contributed by atoms with Crippen LogP contribution in [0.15, 0.2) is 17.5 Å². The van der Waals surface area contributed by atoms with E-state index in [1.54, 1.807) is 17.5 Å².